The normalized spacial score (nSPS) is 15.2. The number of hydrogen-bond acceptors (Lipinski definition) is 3. The third kappa shape index (κ3) is 4.15. The predicted octanol–water partition coefficient (Wildman–Crippen LogP) is 6.61. The summed E-state index contributed by atoms with van der Waals surface area (Å²) in [6.07, 6.45) is 0.596. The lowest BCUT2D eigenvalue weighted by Crippen LogP contribution is -2.35. The van der Waals surface area contributed by atoms with Crippen molar-refractivity contribution in [3.63, 3.8) is 0 Å². The maximum absolute atomic E-state index is 14.0. The molecule has 0 aromatic heterocycles. The lowest BCUT2D eigenvalue weighted by Gasteiger charge is -2.32. The van der Waals surface area contributed by atoms with Gasteiger partial charge in [-0.15, -0.1) is 0 Å². The molecule has 0 N–H and O–H groups in total. The first kappa shape index (κ1) is 20.7. The van der Waals surface area contributed by atoms with Crippen LogP contribution in [0.1, 0.15) is 33.9 Å². The van der Waals surface area contributed by atoms with Crippen LogP contribution < -0.4 is 9.64 Å². The Morgan fingerprint density at radius 1 is 0.848 bits per heavy atom. The number of para-hydroxylation sites is 2. The molecule has 4 nitrogen and oxygen atoms in total. The van der Waals surface area contributed by atoms with Crippen LogP contribution in [-0.4, -0.2) is 18.7 Å². The summed E-state index contributed by atoms with van der Waals surface area (Å²) in [5.74, 6) is 0.571. The molecule has 5 rings (SSSR count). The first-order chi connectivity index (χ1) is 16.2. The molecule has 1 amide bonds. The molecule has 33 heavy (non-hydrogen) atoms. The molecule has 162 valence electrons. The maximum Gasteiger partial charge on any atom is 0.259 e. The molecule has 4 aromatic carbocycles. The molecule has 0 unspecified atom stereocenters. The molecular formula is C29H24N2O2. The van der Waals surface area contributed by atoms with E-state index in [1.807, 2.05) is 83.8 Å². The molecule has 1 aliphatic rings. The molecule has 0 saturated heterocycles. The Hall–Kier alpha value is -4.18. The minimum absolute atomic E-state index is 0.0836. The second-order valence-electron chi connectivity index (χ2n) is 7.95. The molecule has 0 spiro atoms. The van der Waals surface area contributed by atoms with E-state index in [0.717, 1.165) is 28.2 Å². The Labute approximate surface area is 193 Å². The standard InChI is InChI=1S/C29H24N2O2/c1-33-24-16-10-15-23(19-24)29(32)31-27-18-9-8-17-25(27)30-26(21-11-4-2-5-12-21)20-28(31)22-13-6-3-7-14-22/h2-19,28H,20H2,1H3/t28-/m0/s1. The number of nitrogens with zero attached hydrogens (tertiary/aromatic N) is 2. The average molecular weight is 433 g/mol. The molecule has 0 bridgehead atoms. The van der Waals surface area contributed by atoms with E-state index in [1.165, 1.54) is 0 Å². The van der Waals surface area contributed by atoms with E-state index in [1.54, 1.807) is 13.2 Å². The summed E-state index contributed by atoms with van der Waals surface area (Å²) < 4.78 is 5.38. The van der Waals surface area contributed by atoms with Crippen molar-refractivity contribution in [3.8, 4) is 5.75 Å². The molecular weight excluding hydrogens is 408 g/mol. The summed E-state index contributed by atoms with van der Waals surface area (Å²) in [4.78, 5) is 21.0. The summed E-state index contributed by atoms with van der Waals surface area (Å²) in [5, 5.41) is 0. The molecule has 0 saturated carbocycles. The van der Waals surface area contributed by atoms with Gasteiger partial charge in [0.1, 0.15) is 5.75 Å². The molecule has 0 radical (unpaired) electrons. The van der Waals surface area contributed by atoms with Crippen molar-refractivity contribution in [2.75, 3.05) is 12.0 Å². The number of aliphatic imine (C=N–C) groups is 1. The highest BCUT2D eigenvalue weighted by atomic mass is 16.5. The van der Waals surface area contributed by atoms with E-state index in [0.29, 0.717) is 17.7 Å². The van der Waals surface area contributed by atoms with Gasteiger partial charge in [0.25, 0.3) is 5.91 Å². The fourth-order valence-corrected chi connectivity index (χ4v) is 4.30. The molecule has 1 aliphatic heterocycles. The molecule has 1 heterocycles. The van der Waals surface area contributed by atoms with Crippen LogP contribution in [0.15, 0.2) is 114 Å². The van der Waals surface area contributed by atoms with Gasteiger partial charge in [-0.3, -0.25) is 14.7 Å². The zero-order valence-corrected chi connectivity index (χ0v) is 18.4. The number of carbonyl (C=O) groups excluding carboxylic acids is 1. The van der Waals surface area contributed by atoms with Gasteiger partial charge in [0, 0.05) is 12.0 Å². The lowest BCUT2D eigenvalue weighted by atomic mass is 9.95. The second-order valence-corrected chi connectivity index (χ2v) is 7.95. The van der Waals surface area contributed by atoms with Gasteiger partial charge in [-0.05, 0) is 41.5 Å². The van der Waals surface area contributed by atoms with E-state index in [-0.39, 0.29) is 11.9 Å². The van der Waals surface area contributed by atoms with E-state index >= 15 is 0 Å². The third-order valence-corrected chi connectivity index (χ3v) is 5.92. The topological polar surface area (TPSA) is 41.9 Å². The van der Waals surface area contributed by atoms with Crippen LogP contribution in [0.25, 0.3) is 0 Å². The fraction of sp³-hybridized carbons (Fsp3) is 0.103. The highest BCUT2D eigenvalue weighted by Gasteiger charge is 2.33. The Morgan fingerprint density at radius 2 is 1.55 bits per heavy atom. The number of carbonyl (C=O) groups is 1. The van der Waals surface area contributed by atoms with Crippen LogP contribution in [0.3, 0.4) is 0 Å². The van der Waals surface area contributed by atoms with Crippen molar-refractivity contribution < 1.29 is 9.53 Å². The van der Waals surface area contributed by atoms with Gasteiger partial charge in [0.05, 0.1) is 30.2 Å². The van der Waals surface area contributed by atoms with Crippen molar-refractivity contribution in [2.24, 2.45) is 4.99 Å². The van der Waals surface area contributed by atoms with Gasteiger partial charge in [0.2, 0.25) is 0 Å². The summed E-state index contributed by atoms with van der Waals surface area (Å²) in [7, 11) is 1.61. The molecule has 4 heteroatoms. The highest BCUT2D eigenvalue weighted by Crippen LogP contribution is 2.41. The zero-order valence-electron chi connectivity index (χ0n) is 18.4. The number of hydrogen-bond donors (Lipinski definition) is 0. The number of anilines is 1. The molecule has 0 fully saturated rings. The van der Waals surface area contributed by atoms with Crippen molar-refractivity contribution in [3.05, 3.63) is 126 Å². The van der Waals surface area contributed by atoms with Gasteiger partial charge < -0.3 is 4.74 Å². The summed E-state index contributed by atoms with van der Waals surface area (Å²) in [5.41, 5.74) is 5.24. The van der Waals surface area contributed by atoms with E-state index in [9.17, 15) is 4.79 Å². The van der Waals surface area contributed by atoms with Crippen LogP contribution in [0, 0.1) is 0 Å². The average Bonchev–Trinajstić information content (AvgIpc) is 3.06. The van der Waals surface area contributed by atoms with Crippen LogP contribution >= 0.6 is 0 Å². The van der Waals surface area contributed by atoms with Gasteiger partial charge >= 0.3 is 0 Å². The largest absolute Gasteiger partial charge is 0.497 e. The van der Waals surface area contributed by atoms with Gasteiger partial charge in [0.15, 0.2) is 0 Å². The summed E-state index contributed by atoms with van der Waals surface area (Å²) in [6, 6.07) is 35.3. The second kappa shape index (κ2) is 9.13. The number of benzene rings is 4. The lowest BCUT2D eigenvalue weighted by molar-refractivity contribution is 0.0977. The van der Waals surface area contributed by atoms with E-state index in [2.05, 4.69) is 24.3 Å². The monoisotopic (exact) mass is 432 g/mol. The van der Waals surface area contributed by atoms with E-state index < -0.39 is 0 Å². The summed E-state index contributed by atoms with van der Waals surface area (Å²) in [6.45, 7) is 0. The smallest absolute Gasteiger partial charge is 0.259 e. The predicted molar refractivity (Wildman–Crippen MR) is 133 cm³/mol. The number of methoxy groups -OCH3 is 1. The fourth-order valence-electron chi connectivity index (χ4n) is 4.30. The van der Waals surface area contributed by atoms with Crippen LogP contribution in [0.5, 0.6) is 5.75 Å². The molecule has 0 aliphatic carbocycles. The van der Waals surface area contributed by atoms with Gasteiger partial charge in [-0.25, -0.2) is 0 Å². The zero-order chi connectivity index (χ0) is 22.6. The van der Waals surface area contributed by atoms with Crippen LogP contribution in [0.4, 0.5) is 11.4 Å². The van der Waals surface area contributed by atoms with Crippen molar-refractivity contribution >= 4 is 23.0 Å². The first-order valence-corrected chi connectivity index (χ1v) is 11.0. The van der Waals surface area contributed by atoms with E-state index in [4.69, 9.17) is 9.73 Å². The number of amides is 1. The van der Waals surface area contributed by atoms with Gasteiger partial charge in [-0.1, -0.05) is 78.9 Å². The van der Waals surface area contributed by atoms with Crippen LogP contribution in [0.2, 0.25) is 0 Å². The first-order valence-electron chi connectivity index (χ1n) is 11.0. The quantitative estimate of drug-likeness (QED) is 0.364. The highest BCUT2D eigenvalue weighted by molar-refractivity contribution is 6.12. The third-order valence-electron chi connectivity index (χ3n) is 5.92. The van der Waals surface area contributed by atoms with Gasteiger partial charge in [-0.2, -0.15) is 0 Å². The van der Waals surface area contributed by atoms with Crippen molar-refractivity contribution in [1.82, 2.24) is 0 Å². The summed E-state index contributed by atoms with van der Waals surface area (Å²) >= 11 is 0. The Bertz CT molecular complexity index is 1300. The Balaban J connectivity index is 1.69. The van der Waals surface area contributed by atoms with Crippen LogP contribution in [-0.2, 0) is 0 Å². The Morgan fingerprint density at radius 3 is 2.30 bits per heavy atom. The maximum atomic E-state index is 14.0. The van der Waals surface area contributed by atoms with Crippen molar-refractivity contribution in [1.29, 1.82) is 0 Å². The number of rotatable bonds is 4. The Kier molecular flexibility index (Phi) is 5.73. The minimum atomic E-state index is -0.215. The molecule has 4 aromatic rings. The van der Waals surface area contributed by atoms with Crippen molar-refractivity contribution in [2.45, 2.75) is 12.5 Å². The number of fused-ring (bicyclic) bond motifs is 1. The SMILES string of the molecule is COc1cccc(C(=O)N2c3ccccc3N=C(c3ccccc3)C[C@H]2c2ccccc2)c1. The molecule has 1 atom stereocenters. The minimum Gasteiger partial charge on any atom is -0.497 e. The number of ether oxygens (including phenoxy) is 1.